The van der Waals surface area contributed by atoms with Gasteiger partial charge < -0.3 is 10.1 Å². The Hall–Kier alpha value is -1.39. The highest BCUT2D eigenvalue weighted by Crippen LogP contribution is 2.28. The van der Waals surface area contributed by atoms with E-state index in [-0.39, 0.29) is 0 Å². The maximum Gasteiger partial charge on any atom is 0.219 e. The van der Waals surface area contributed by atoms with Crippen LogP contribution in [0.15, 0.2) is 34.9 Å². The Morgan fingerprint density at radius 3 is 2.48 bits per heavy atom. The number of aromatic nitrogens is 1. The summed E-state index contributed by atoms with van der Waals surface area (Å²) in [5, 5.41) is 3.36. The summed E-state index contributed by atoms with van der Waals surface area (Å²) in [5.74, 6) is 1.44. The minimum absolute atomic E-state index is 0.621. The Bertz CT molecular complexity index is 573. The third-order valence-electron chi connectivity index (χ3n) is 3.19. The minimum Gasteiger partial charge on any atom is -0.439 e. The van der Waals surface area contributed by atoms with Gasteiger partial charge in [-0.1, -0.05) is 28.9 Å². The lowest BCUT2D eigenvalue weighted by molar-refractivity contribution is 0.461. The zero-order valence-corrected chi connectivity index (χ0v) is 14.3. The van der Waals surface area contributed by atoms with Gasteiger partial charge in [-0.05, 0) is 55.6 Å². The molecular formula is C17H21BrN2O. The van der Waals surface area contributed by atoms with Gasteiger partial charge >= 0.3 is 0 Å². The number of hydrogen-bond acceptors (Lipinski definition) is 3. The van der Waals surface area contributed by atoms with E-state index < -0.39 is 0 Å². The normalized spacial score (nSPS) is 10.7. The van der Waals surface area contributed by atoms with Crippen molar-refractivity contribution in [2.75, 3.05) is 6.54 Å². The van der Waals surface area contributed by atoms with Gasteiger partial charge in [0.1, 0.15) is 5.75 Å². The molecule has 0 amide bonds. The third kappa shape index (κ3) is 4.55. The van der Waals surface area contributed by atoms with Crippen LogP contribution in [-0.2, 0) is 6.54 Å². The second kappa shape index (κ2) is 7.57. The molecule has 0 unspecified atom stereocenters. The summed E-state index contributed by atoms with van der Waals surface area (Å²) < 4.78 is 6.95. The summed E-state index contributed by atoms with van der Waals surface area (Å²) in [6.45, 7) is 8.14. The highest BCUT2D eigenvalue weighted by atomic mass is 79.9. The quantitative estimate of drug-likeness (QED) is 0.764. The van der Waals surface area contributed by atoms with Crippen LogP contribution in [0.5, 0.6) is 11.6 Å². The van der Waals surface area contributed by atoms with Crippen LogP contribution >= 0.6 is 15.9 Å². The van der Waals surface area contributed by atoms with Crippen molar-refractivity contribution in [1.82, 2.24) is 10.3 Å². The molecule has 0 fully saturated rings. The van der Waals surface area contributed by atoms with Crippen molar-refractivity contribution in [2.45, 2.75) is 33.7 Å². The molecule has 0 atom stereocenters. The second-order valence-corrected chi connectivity index (χ2v) is 5.95. The van der Waals surface area contributed by atoms with Crippen LogP contribution in [0.4, 0.5) is 0 Å². The highest BCUT2D eigenvalue weighted by Gasteiger charge is 2.05. The molecule has 1 aromatic heterocycles. The van der Waals surface area contributed by atoms with E-state index >= 15 is 0 Å². The number of rotatable bonds is 6. The lowest BCUT2D eigenvalue weighted by Crippen LogP contribution is -2.13. The molecule has 0 aliphatic rings. The number of pyridine rings is 1. The number of aryl methyl sites for hydroxylation is 2. The molecule has 0 saturated heterocycles. The van der Waals surface area contributed by atoms with Crippen molar-refractivity contribution in [3.05, 3.63) is 51.6 Å². The standard InChI is InChI=1S/C17H21BrN2O/c1-4-7-19-10-14-5-6-16(20-11-14)21-15-8-12(2)17(18)13(3)9-15/h5-6,8-9,11,19H,4,7,10H2,1-3H3. The van der Waals surface area contributed by atoms with Gasteiger partial charge in [0.25, 0.3) is 0 Å². The van der Waals surface area contributed by atoms with Crippen LogP contribution in [-0.4, -0.2) is 11.5 Å². The van der Waals surface area contributed by atoms with Crippen molar-refractivity contribution in [2.24, 2.45) is 0 Å². The monoisotopic (exact) mass is 348 g/mol. The largest absolute Gasteiger partial charge is 0.439 e. The van der Waals surface area contributed by atoms with Gasteiger partial charge in [-0.3, -0.25) is 0 Å². The maximum atomic E-state index is 5.82. The molecule has 1 heterocycles. The van der Waals surface area contributed by atoms with Crippen LogP contribution in [0.2, 0.25) is 0 Å². The fourth-order valence-corrected chi connectivity index (χ4v) is 2.30. The third-order valence-corrected chi connectivity index (χ3v) is 4.44. The van der Waals surface area contributed by atoms with E-state index in [9.17, 15) is 0 Å². The van der Waals surface area contributed by atoms with Gasteiger partial charge in [-0.15, -0.1) is 0 Å². The second-order valence-electron chi connectivity index (χ2n) is 5.15. The molecule has 112 valence electrons. The zero-order valence-electron chi connectivity index (χ0n) is 12.7. The first-order valence-corrected chi connectivity index (χ1v) is 7.99. The van der Waals surface area contributed by atoms with Gasteiger partial charge in [0.05, 0.1) is 0 Å². The van der Waals surface area contributed by atoms with Crippen molar-refractivity contribution in [1.29, 1.82) is 0 Å². The fraction of sp³-hybridized carbons (Fsp3) is 0.353. The Labute approximate surface area is 134 Å². The van der Waals surface area contributed by atoms with Crippen molar-refractivity contribution < 1.29 is 4.74 Å². The Kier molecular flexibility index (Phi) is 5.76. The molecule has 0 saturated carbocycles. The minimum atomic E-state index is 0.621. The fourth-order valence-electron chi connectivity index (χ4n) is 2.07. The first-order valence-electron chi connectivity index (χ1n) is 7.20. The molecule has 0 aliphatic heterocycles. The summed E-state index contributed by atoms with van der Waals surface area (Å²) in [5.41, 5.74) is 3.48. The number of halogens is 1. The molecule has 0 spiro atoms. The average molecular weight is 349 g/mol. The lowest BCUT2D eigenvalue weighted by Gasteiger charge is -2.09. The van der Waals surface area contributed by atoms with E-state index in [1.165, 1.54) is 5.56 Å². The van der Waals surface area contributed by atoms with Gasteiger partial charge in [-0.25, -0.2) is 4.98 Å². The van der Waals surface area contributed by atoms with E-state index in [2.05, 4.69) is 47.0 Å². The Morgan fingerprint density at radius 2 is 1.90 bits per heavy atom. The molecule has 0 radical (unpaired) electrons. The molecule has 21 heavy (non-hydrogen) atoms. The van der Waals surface area contributed by atoms with Crippen LogP contribution in [0.25, 0.3) is 0 Å². The molecule has 4 heteroatoms. The average Bonchev–Trinajstić information content (AvgIpc) is 2.47. The van der Waals surface area contributed by atoms with Crippen LogP contribution in [0.3, 0.4) is 0 Å². The topological polar surface area (TPSA) is 34.1 Å². The summed E-state index contributed by atoms with van der Waals surface area (Å²) in [6, 6.07) is 7.98. The zero-order chi connectivity index (χ0) is 15.2. The molecule has 0 bridgehead atoms. The van der Waals surface area contributed by atoms with E-state index in [0.717, 1.165) is 40.9 Å². The van der Waals surface area contributed by atoms with Gasteiger partial charge in [0, 0.05) is 23.3 Å². The SMILES string of the molecule is CCCNCc1ccc(Oc2cc(C)c(Br)c(C)c2)nc1. The lowest BCUT2D eigenvalue weighted by atomic mass is 10.1. The molecule has 1 N–H and O–H groups in total. The smallest absolute Gasteiger partial charge is 0.219 e. The van der Waals surface area contributed by atoms with Gasteiger partial charge in [-0.2, -0.15) is 0 Å². The van der Waals surface area contributed by atoms with E-state index in [1.54, 1.807) is 0 Å². The Morgan fingerprint density at radius 1 is 1.19 bits per heavy atom. The molecule has 2 aromatic rings. The van der Waals surface area contributed by atoms with E-state index in [1.807, 2.05) is 30.5 Å². The highest BCUT2D eigenvalue weighted by molar-refractivity contribution is 9.10. The predicted octanol–water partition coefficient (Wildman–Crippen LogP) is 4.75. The molecule has 2 rings (SSSR count). The van der Waals surface area contributed by atoms with Crippen LogP contribution in [0, 0.1) is 13.8 Å². The molecular weight excluding hydrogens is 328 g/mol. The van der Waals surface area contributed by atoms with Crippen molar-refractivity contribution in [3.8, 4) is 11.6 Å². The number of ether oxygens (including phenoxy) is 1. The number of hydrogen-bond donors (Lipinski definition) is 1. The maximum absolute atomic E-state index is 5.82. The van der Waals surface area contributed by atoms with Crippen LogP contribution < -0.4 is 10.1 Å². The molecule has 3 nitrogen and oxygen atoms in total. The van der Waals surface area contributed by atoms with Crippen molar-refractivity contribution in [3.63, 3.8) is 0 Å². The molecule has 0 aliphatic carbocycles. The Balaban J connectivity index is 2.03. The van der Waals surface area contributed by atoms with E-state index in [4.69, 9.17) is 4.74 Å². The number of benzene rings is 1. The van der Waals surface area contributed by atoms with E-state index in [0.29, 0.717) is 5.88 Å². The molecule has 1 aromatic carbocycles. The first kappa shape index (κ1) is 16.0. The van der Waals surface area contributed by atoms with Crippen LogP contribution in [0.1, 0.15) is 30.0 Å². The summed E-state index contributed by atoms with van der Waals surface area (Å²) >= 11 is 3.56. The van der Waals surface area contributed by atoms with Gasteiger partial charge in [0.15, 0.2) is 0 Å². The van der Waals surface area contributed by atoms with Crippen molar-refractivity contribution >= 4 is 15.9 Å². The number of nitrogens with zero attached hydrogens (tertiary/aromatic N) is 1. The summed E-state index contributed by atoms with van der Waals surface area (Å²) in [7, 11) is 0. The predicted molar refractivity (Wildman–Crippen MR) is 89.9 cm³/mol. The van der Waals surface area contributed by atoms with Gasteiger partial charge in [0.2, 0.25) is 5.88 Å². The summed E-state index contributed by atoms with van der Waals surface area (Å²) in [6.07, 6.45) is 2.99. The number of nitrogens with one attached hydrogen (secondary N) is 1. The summed E-state index contributed by atoms with van der Waals surface area (Å²) in [4.78, 5) is 4.36. The first-order chi connectivity index (χ1) is 10.1.